The zero-order valence-electron chi connectivity index (χ0n) is 23.2. The van der Waals surface area contributed by atoms with Crippen LogP contribution < -0.4 is 10.3 Å². The van der Waals surface area contributed by atoms with Crippen molar-refractivity contribution in [1.29, 1.82) is 0 Å². The highest BCUT2D eigenvalue weighted by Gasteiger charge is 2.29. The summed E-state index contributed by atoms with van der Waals surface area (Å²) in [6, 6.07) is 38.6. The van der Waals surface area contributed by atoms with Crippen LogP contribution in [0.1, 0.15) is 61.8 Å². The molecule has 1 atom stereocenters. The van der Waals surface area contributed by atoms with Gasteiger partial charge in [-0.25, -0.2) is 4.98 Å². The van der Waals surface area contributed by atoms with E-state index in [1.54, 1.807) is 0 Å². The van der Waals surface area contributed by atoms with Crippen molar-refractivity contribution in [2.24, 2.45) is 5.10 Å². The van der Waals surface area contributed by atoms with Crippen LogP contribution in [0, 0.1) is 0 Å². The van der Waals surface area contributed by atoms with Crippen LogP contribution in [-0.2, 0) is 13.1 Å². The van der Waals surface area contributed by atoms with E-state index in [4.69, 9.17) is 10.1 Å². The number of hydrazone groups is 1. The number of aryl methyl sites for hydroxylation is 1. The molecule has 0 bridgehead atoms. The zero-order chi connectivity index (χ0) is 27.1. The number of nitrogens with zero attached hydrogens (tertiary/aromatic N) is 4. The highest BCUT2D eigenvalue weighted by Crippen LogP contribution is 2.36. The number of aromatic nitrogens is 2. The van der Waals surface area contributed by atoms with Crippen molar-refractivity contribution in [2.45, 2.75) is 58.2 Å². The second-order valence-electron chi connectivity index (χ2n) is 10.5. The van der Waals surface area contributed by atoms with Gasteiger partial charge in [0.25, 0.3) is 0 Å². The van der Waals surface area contributed by atoms with E-state index >= 15 is 0 Å². The lowest BCUT2D eigenvalue weighted by Crippen LogP contribution is -2.18. The SMILES string of the molecule is CCCCCCn1c(NCc2ccc(N3N=C(c4ccccc4)CC3c3ccccc3)cc2)nc2ccccc21. The molecule has 0 radical (unpaired) electrons. The first kappa shape index (κ1) is 25.9. The number of anilines is 2. The van der Waals surface area contributed by atoms with Gasteiger partial charge in [0.2, 0.25) is 5.95 Å². The fourth-order valence-electron chi connectivity index (χ4n) is 5.57. The molecule has 5 heteroatoms. The molecule has 6 rings (SSSR count). The van der Waals surface area contributed by atoms with E-state index < -0.39 is 0 Å². The van der Waals surface area contributed by atoms with E-state index in [9.17, 15) is 0 Å². The predicted molar refractivity (Wildman–Crippen MR) is 167 cm³/mol. The molecule has 40 heavy (non-hydrogen) atoms. The van der Waals surface area contributed by atoms with Crippen molar-refractivity contribution in [2.75, 3.05) is 10.3 Å². The summed E-state index contributed by atoms with van der Waals surface area (Å²) >= 11 is 0. The maximum atomic E-state index is 5.11. The van der Waals surface area contributed by atoms with Gasteiger partial charge in [0.15, 0.2) is 0 Å². The molecule has 0 aliphatic carbocycles. The molecule has 202 valence electrons. The van der Waals surface area contributed by atoms with Gasteiger partial charge in [0.05, 0.1) is 28.5 Å². The number of unbranched alkanes of at least 4 members (excludes halogenated alkanes) is 3. The van der Waals surface area contributed by atoms with E-state index in [1.165, 1.54) is 47.9 Å². The molecule has 0 fully saturated rings. The normalized spacial score (nSPS) is 15.0. The van der Waals surface area contributed by atoms with Gasteiger partial charge in [-0.2, -0.15) is 5.10 Å². The summed E-state index contributed by atoms with van der Waals surface area (Å²) in [5.41, 5.74) is 8.15. The van der Waals surface area contributed by atoms with Gasteiger partial charge in [-0.3, -0.25) is 5.01 Å². The molecular weight excluding hydrogens is 490 g/mol. The maximum Gasteiger partial charge on any atom is 0.204 e. The topological polar surface area (TPSA) is 45.5 Å². The molecule has 1 aromatic heterocycles. The van der Waals surface area contributed by atoms with Crippen LogP contribution >= 0.6 is 0 Å². The summed E-state index contributed by atoms with van der Waals surface area (Å²) in [5, 5.41) is 10.9. The Morgan fingerprint density at radius 2 is 1.50 bits per heavy atom. The minimum atomic E-state index is 0.174. The first-order valence-corrected chi connectivity index (χ1v) is 14.6. The van der Waals surface area contributed by atoms with Crippen LogP contribution in [0.15, 0.2) is 114 Å². The standard InChI is InChI=1S/C35H37N5/c1-2-3-4-13-24-39-33-19-12-11-18-31(33)37-35(39)36-26-27-20-22-30(23-21-27)40-34(29-16-9-6-10-17-29)25-32(38-40)28-14-7-5-8-15-28/h5-12,14-23,34H,2-4,13,24-26H2,1H3,(H,36,37). The lowest BCUT2D eigenvalue weighted by Gasteiger charge is -2.24. The molecule has 1 aliphatic rings. The fourth-order valence-corrected chi connectivity index (χ4v) is 5.57. The Labute approximate surface area is 237 Å². The molecule has 1 aliphatic heterocycles. The third-order valence-electron chi connectivity index (χ3n) is 7.74. The summed E-state index contributed by atoms with van der Waals surface area (Å²) < 4.78 is 2.34. The molecule has 4 aromatic carbocycles. The van der Waals surface area contributed by atoms with Crippen molar-refractivity contribution in [3.63, 3.8) is 0 Å². The maximum absolute atomic E-state index is 5.11. The van der Waals surface area contributed by atoms with E-state index in [-0.39, 0.29) is 6.04 Å². The Kier molecular flexibility index (Phi) is 7.90. The van der Waals surface area contributed by atoms with E-state index in [2.05, 4.69) is 131 Å². The zero-order valence-corrected chi connectivity index (χ0v) is 23.2. The smallest absolute Gasteiger partial charge is 0.204 e. The van der Waals surface area contributed by atoms with Crippen LogP contribution in [0.3, 0.4) is 0 Å². The fraction of sp³-hybridized carbons (Fsp3) is 0.257. The number of hydrogen-bond acceptors (Lipinski definition) is 4. The van der Waals surface area contributed by atoms with Crippen molar-refractivity contribution in [3.05, 3.63) is 126 Å². The minimum Gasteiger partial charge on any atom is -0.352 e. The summed E-state index contributed by atoms with van der Waals surface area (Å²) in [6.07, 6.45) is 5.82. The highest BCUT2D eigenvalue weighted by molar-refractivity contribution is 6.03. The average Bonchev–Trinajstić information content (AvgIpc) is 3.62. The van der Waals surface area contributed by atoms with Crippen molar-refractivity contribution < 1.29 is 0 Å². The first-order valence-electron chi connectivity index (χ1n) is 14.6. The molecule has 5 aromatic rings. The summed E-state index contributed by atoms with van der Waals surface area (Å²) in [4.78, 5) is 4.91. The van der Waals surface area contributed by atoms with Crippen LogP contribution in [0.4, 0.5) is 11.6 Å². The van der Waals surface area contributed by atoms with Crippen LogP contribution in [0.2, 0.25) is 0 Å². The van der Waals surface area contributed by atoms with Crippen molar-refractivity contribution in [1.82, 2.24) is 9.55 Å². The molecule has 0 spiro atoms. The Bertz CT molecular complexity index is 1550. The average molecular weight is 528 g/mol. The number of benzene rings is 4. The van der Waals surface area contributed by atoms with E-state index in [0.717, 1.165) is 42.4 Å². The molecule has 0 saturated carbocycles. The van der Waals surface area contributed by atoms with Gasteiger partial charge in [-0.1, -0.05) is 111 Å². The van der Waals surface area contributed by atoms with Gasteiger partial charge in [0, 0.05) is 19.5 Å². The Morgan fingerprint density at radius 1 is 0.775 bits per heavy atom. The molecule has 1 N–H and O–H groups in total. The molecule has 5 nitrogen and oxygen atoms in total. The van der Waals surface area contributed by atoms with Gasteiger partial charge in [0.1, 0.15) is 0 Å². The number of nitrogens with one attached hydrogen (secondary N) is 1. The quantitative estimate of drug-likeness (QED) is 0.175. The van der Waals surface area contributed by atoms with Gasteiger partial charge < -0.3 is 9.88 Å². The molecule has 0 amide bonds. The van der Waals surface area contributed by atoms with Crippen LogP contribution in [0.25, 0.3) is 11.0 Å². The monoisotopic (exact) mass is 527 g/mol. The number of fused-ring (bicyclic) bond motifs is 1. The van der Waals surface area contributed by atoms with Gasteiger partial charge >= 0.3 is 0 Å². The summed E-state index contributed by atoms with van der Waals surface area (Å²) in [7, 11) is 0. The third-order valence-corrected chi connectivity index (χ3v) is 7.74. The summed E-state index contributed by atoms with van der Waals surface area (Å²) in [6.45, 7) is 3.96. The van der Waals surface area contributed by atoms with Crippen LogP contribution in [0.5, 0.6) is 0 Å². The number of para-hydroxylation sites is 2. The second-order valence-corrected chi connectivity index (χ2v) is 10.5. The number of rotatable bonds is 11. The predicted octanol–water partition coefficient (Wildman–Crippen LogP) is 8.58. The highest BCUT2D eigenvalue weighted by atomic mass is 15.5. The molecule has 0 saturated heterocycles. The van der Waals surface area contributed by atoms with Gasteiger partial charge in [-0.15, -0.1) is 0 Å². The Hall–Kier alpha value is -4.38. The molecule has 1 unspecified atom stereocenters. The van der Waals surface area contributed by atoms with E-state index in [1.807, 2.05) is 0 Å². The van der Waals surface area contributed by atoms with Crippen molar-refractivity contribution in [3.8, 4) is 0 Å². The number of hydrogen-bond donors (Lipinski definition) is 1. The summed E-state index contributed by atoms with van der Waals surface area (Å²) in [5.74, 6) is 0.947. The Morgan fingerprint density at radius 3 is 2.27 bits per heavy atom. The Balaban J connectivity index is 1.20. The lowest BCUT2D eigenvalue weighted by atomic mass is 9.98. The third kappa shape index (κ3) is 5.64. The molecule has 2 heterocycles. The van der Waals surface area contributed by atoms with Gasteiger partial charge in [-0.05, 0) is 47.4 Å². The molecular formula is C35H37N5. The lowest BCUT2D eigenvalue weighted by molar-refractivity contribution is 0.593. The first-order chi connectivity index (χ1) is 19.8. The number of imidazole rings is 1. The van der Waals surface area contributed by atoms with E-state index in [0.29, 0.717) is 0 Å². The minimum absolute atomic E-state index is 0.174. The second kappa shape index (κ2) is 12.2. The van der Waals surface area contributed by atoms with Crippen LogP contribution in [-0.4, -0.2) is 15.3 Å². The van der Waals surface area contributed by atoms with Crippen molar-refractivity contribution >= 4 is 28.4 Å². The largest absolute Gasteiger partial charge is 0.352 e.